The Bertz CT molecular complexity index is 960. The van der Waals surface area contributed by atoms with Crippen LogP contribution in [0, 0.1) is 6.92 Å². The first-order valence-electron chi connectivity index (χ1n) is 9.49. The number of hydrogen-bond acceptors (Lipinski definition) is 7. The molecule has 2 aromatic rings. The molecule has 3 rings (SSSR count). The fraction of sp³-hybridized carbons (Fsp3) is 0.273. The zero-order valence-electron chi connectivity index (χ0n) is 16.7. The number of rotatable bonds is 7. The second-order valence-electron chi connectivity index (χ2n) is 6.58. The van der Waals surface area contributed by atoms with E-state index in [1.807, 2.05) is 31.2 Å². The molecule has 156 valence electrons. The van der Waals surface area contributed by atoms with Crippen LogP contribution in [0.2, 0.25) is 0 Å². The lowest BCUT2D eigenvalue weighted by Crippen LogP contribution is -2.31. The summed E-state index contributed by atoms with van der Waals surface area (Å²) in [6, 6.07) is 10.9. The van der Waals surface area contributed by atoms with Gasteiger partial charge in [0.2, 0.25) is 0 Å². The van der Waals surface area contributed by atoms with Crippen molar-refractivity contribution < 1.29 is 28.3 Å². The molecule has 0 N–H and O–H groups in total. The van der Waals surface area contributed by atoms with Crippen LogP contribution in [-0.2, 0) is 23.9 Å². The van der Waals surface area contributed by atoms with Gasteiger partial charge >= 0.3 is 11.9 Å². The SMILES string of the molecule is CCOC(=O)/C=C/C(=O)OCC(=O)N1N=C(c2ccc(C)cc2)C[C@@H]1c1ccco1. The molecule has 1 atom stereocenters. The van der Waals surface area contributed by atoms with Crippen LogP contribution in [0.4, 0.5) is 0 Å². The fourth-order valence-corrected chi connectivity index (χ4v) is 2.94. The Balaban J connectivity index is 1.70. The Morgan fingerprint density at radius 1 is 1.13 bits per heavy atom. The monoisotopic (exact) mass is 410 g/mol. The number of furan rings is 1. The van der Waals surface area contributed by atoms with Gasteiger partial charge < -0.3 is 13.9 Å². The lowest BCUT2D eigenvalue weighted by atomic mass is 10.0. The summed E-state index contributed by atoms with van der Waals surface area (Å²) < 4.78 is 15.1. The minimum atomic E-state index is -0.826. The molecule has 2 heterocycles. The van der Waals surface area contributed by atoms with E-state index in [9.17, 15) is 14.4 Å². The Hall–Kier alpha value is -3.68. The predicted molar refractivity (Wildman–Crippen MR) is 107 cm³/mol. The van der Waals surface area contributed by atoms with Crippen molar-refractivity contribution in [3.63, 3.8) is 0 Å². The third-order valence-electron chi connectivity index (χ3n) is 4.40. The smallest absolute Gasteiger partial charge is 0.331 e. The van der Waals surface area contributed by atoms with Crippen molar-refractivity contribution in [3.8, 4) is 0 Å². The Morgan fingerprint density at radius 2 is 1.83 bits per heavy atom. The van der Waals surface area contributed by atoms with Crippen LogP contribution in [0.5, 0.6) is 0 Å². The first kappa shape index (κ1) is 21.0. The summed E-state index contributed by atoms with van der Waals surface area (Å²) in [7, 11) is 0. The van der Waals surface area contributed by atoms with E-state index < -0.39 is 30.5 Å². The van der Waals surface area contributed by atoms with Crippen molar-refractivity contribution in [1.82, 2.24) is 5.01 Å². The highest BCUT2D eigenvalue weighted by Crippen LogP contribution is 2.33. The lowest BCUT2D eigenvalue weighted by Gasteiger charge is -2.19. The molecule has 0 spiro atoms. The van der Waals surface area contributed by atoms with Crippen LogP contribution in [0.1, 0.15) is 36.3 Å². The number of esters is 2. The number of hydrogen-bond donors (Lipinski definition) is 0. The van der Waals surface area contributed by atoms with Gasteiger partial charge in [-0.25, -0.2) is 14.6 Å². The molecule has 0 saturated carbocycles. The third kappa shape index (κ3) is 5.22. The van der Waals surface area contributed by atoms with Crippen molar-refractivity contribution in [2.75, 3.05) is 13.2 Å². The summed E-state index contributed by atoms with van der Waals surface area (Å²) in [6.45, 7) is 3.32. The van der Waals surface area contributed by atoms with E-state index in [1.165, 1.54) is 11.3 Å². The first-order valence-corrected chi connectivity index (χ1v) is 9.49. The Morgan fingerprint density at radius 3 is 2.47 bits per heavy atom. The van der Waals surface area contributed by atoms with Gasteiger partial charge in [-0.3, -0.25) is 4.79 Å². The van der Waals surface area contributed by atoms with Crippen molar-refractivity contribution >= 4 is 23.6 Å². The average Bonchev–Trinajstić information content (AvgIpc) is 3.41. The highest BCUT2D eigenvalue weighted by atomic mass is 16.5. The van der Waals surface area contributed by atoms with Gasteiger partial charge in [0.15, 0.2) is 6.61 Å². The number of hydrazone groups is 1. The normalized spacial score (nSPS) is 15.9. The van der Waals surface area contributed by atoms with E-state index in [1.54, 1.807) is 19.1 Å². The van der Waals surface area contributed by atoms with Gasteiger partial charge in [0.25, 0.3) is 5.91 Å². The van der Waals surface area contributed by atoms with Gasteiger partial charge in [-0.1, -0.05) is 29.8 Å². The summed E-state index contributed by atoms with van der Waals surface area (Å²) in [5.41, 5.74) is 2.76. The molecule has 1 aliphatic heterocycles. The van der Waals surface area contributed by atoms with Crippen LogP contribution < -0.4 is 0 Å². The molecule has 30 heavy (non-hydrogen) atoms. The first-order chi connectivity index (χ1) is 14.5. The summed E-state index contributed by atoms with van der Waals surface area (Å²) in [6.07, 6.45) is 3.87. The van der Waals surface area contributed by atoms with Crippen LogP contribution >= 0.6 is 0 Å². The molecule has 8 nitrogen and oxygen atoms in total. The summed E-state index contributed by atoms with van der Waals surface area (Å²) >= 11 is 0. The molecule has 0 fully saturated rings. The summed E-state index contributed by atoms with van der Waals surface area (Å²) in [5.74, 6) is -1.41. The molecule has 1 aromatic heterocycles. The molecule has 1 amide bonds. The van der Waals surface area contributed by atoms with Crippen LogP contribution in [0.15, 0.2) is 64.3 Å². The van der Waals surface area contributed by atoms with Crippen LogP contribution in [-0.4, -0.2) is 41.8 Å². The molecule has 0 radical (unpaired) electrons. The van der Waals surface area contributed by atoms with Gasteiger partial charge in [-0.05, 0) is 31.5 Å². The van der Waals surface area contributed by atoms with Crippen LogP contribution in [0.3, 0.4) is 0 Å². The number of ether oxygens (including phenoxy) is 2. The average molecular weight is 410 g/mol. The molecular weight excluding hydrogens is 388 g/mol. The van der Waals surface area contributed by atoms with Crippen molar-refractivity contribution in [2.45, 2.75) is 26.3 Å². The third-order valence-corrected chi connectivity index (χ3v) is 4.40. The van der Waals surface area contributed by atoms with Crippen LogP contribution in [0.25, 0.3) is 0 Å². The molecule has 1 aromatic carbocycles. The highest BCUT2D eigenvalue weighted by Gasteiger charge is 2.35. The Labute approximate surface area is 173 Å². The van der Waals surface area contributed by atoms with Gasteiger partial charge in [-0.2, -0.15) is 5.10 Å². The fourth-order valence-electron chi connectivity index (χ4n) is 2.94. The van der Waals surface area contributed by atoms with Gasteiger partial charge in [0.05, 0.1) is 18.6 Å². The molecule has 0 bridgehead atoms. The molecular formula is C22H22N2O6. The number of carbonyl (C=O) groups is 3. The zero-order valence-corrected chi connectivity index (χ0v) is 16.7. The van der Waals surface area contributed by atoms with E-state index in [2.05, 4.69) is 9.84 Å². The standard InChI is InChI=1S/C22H22N2O6/c1-3-28-21(26)10-11-22(27)30-14-20(25)24-18(19-5-4-12-29-19)13-17(23-24)16-8-6-15(2)7-9-16/h4-12,18H,3,13-14H2,1-2H3/b11-10+/t18-/m1/s1. The highest BCUT2D eigenvalue weighted by molar-refractivity contribution is 6.03. The second kappa shape index (κ2) is 9.69. The predicted octanol–water partition coefficient (Wildman–Crippen LogP) is 2.93. The molecule has 0 unspecified atom stereocenters. The zero-order chi connectivity index (χ0) is 21.5. The Kier molecular flexibility index (Phi) is 6.79. The second-order valence-corrected chi connectivity index (χ2v) is 6.58. The molecule has 0 aliphatic carbocycles. The summed E-state index contributed by atoms with van der Waals surface area (Å²) in [4.78, 5) is 35.7. The topological polar surface area (TPSA) is 98.4 Å². The maximum atomic E-state index is 12.7. The maximum Gasteiger partial charge on any atom is 0.331 e. The minimum absolute atomic E-state index is 0.196. The number of aryl methyl sites for hydroxylation is 1. The van der Waals surface area contributed by atoms with Crippen molar-refractivity contribution in [1.29, 1.82) is 0 Å². The van der Waals surface area contributed by atoms with Crippen molar-refractivity contribution in [2.24, 2.45) is 5.10 Å². The van der Waals surface area contributed by atoms with Crippen molar-refractivity contribution in [3.05, 3.63) is 71.7 Å². The lowest BCUT2D eigenvalue weighted by molar-refractivity contribution is -0.149. The van der Waals surface area contributed by atoms with Gasteiger partial charge in [0, 0.05) is 18.6 Å². The van der Waals surface area contributed by atoms with E-state index in [0.717, 1.165) is 29.0 Å². The molecule has 0 saturated heterocycles. The number of carbonyl (C=O) groups excluding carboxylic acids is 3. The quantitative estimate of drug-likeness (QED) is 0.514. The van der Waals surface area contributed by atoms with E-state index >= 15 is 0 Å². The molecule has 8 heteroatoms. The summed E-state index contributed by atoms with van der Waals surface area (Å²) in [5, 5.41) is 5.73. The minimum Gasteiger partial charge on any atom is -0.467 e. The molecule has 1 aliphatic rings. The van der Waals surface area contributed by atoms with E-state index in [0.29, 0.717) is 12.2 Å². The largest absolute Gasteiger partial charge is 0.467 e. The van der Waals surface area contributed by atoms with E-state index in [4.69, 9.17) is 9.15 Å². The van der Waals surface area contributed by atoms with Gasteiger partial charge in [-0.15, -0.1) is 0 Å². The maximum absolute atomic E-state index is 12.7. The number of nitrogens with zero attached hydrogens (tertiary/aromatic N) is 2. The number of amides is 1. The number of benzene rings is 1. The van der Waals surface area contributed by atoms with E-state index in [-0.39, 0.29) is 6.61 Å². The van der Waals surface area contributed by atoms with Gasteiger partial charge in [0.1, 0.15) is 11.8 Å².